The maximum Gasteiger partial charge on any atom is 0.177 e. The molecule has 0 saturated heterocycles. The second kappa shape index (κ2) is 2.71. The van der Waals surface area contributed by atoms with Crippen LogP contribution in [-0.4, -0.2) is 9.55 Å². The molecule has 0 bridgehead atoms. The van der Waals surface area contributed by atoms with Gasteiger partial charge in [-0.15, -0.1) is 0 Å². The third-order valence-corrected chi connectivity index (χ3v) is 2.41. The van der Waals surface area contributed by atoms with E-state index in [0.717, 1.165) is 11.0 Å². The van der Waals surface area contributed by atoms with E-state index < -0.39 is 0 Å². The summed E-state index contributed by atoms with van der Waals surface area (Å²) >= 11 is 5.06. The number of hydrogen-bond donors (Lipinski definition) is 1. The van der Waals surface area contributed by atoms with Gasteiger partial charge >= 0.3 is 0 Å². The summed E-state index contributed by atoms with van der Waals surface area (Å²) in [5, 5.41) is 8.68. The number of aromatic nitrogens is 2. The first kappa shape index (κ1) is 8.02. The standard InChI is InChI=1S/C9H7N3S/c1-12-8-3-2-6(5-10)4-7(8)11-9(12)13/h2-4H,1H3,(H,11,13). The van der Waals surface area contributed by atoms with Crippen molar-refractivity contribution in [3.8, 4) is 6.07 Å². The van der Waals surface area contributed by atoms with Gasteiger partial charge in [0.25, 0.3) is 0 Å². The minimum Gasteiger partial charge on any atom is -0.331 e. The third kappa shape index (κ3) is 1.14. The molecule has 2 aromatic rings. The van der Waals surface area contributed by atoms with Crippen molar-refractivity contribution in [1.82, 2.24) is 9.55 Å². The molecule has 1 heterocycles. The topological polar surface area (TPSA) is 44.5 Å². The Morgan fingerprint density at radius 3 is 3.00 bits per heavy atom. The van der Waals surface area contributed by atoms with Crippen molar-refractivity contribution < 1.29 is 0 Å². The zero-order valence-electron chi connectivity index (χ0n) is 7.03. The number of nitriles is 1. The molecule has 0 spiro atoms. The van der Waals surface area contributed by atoms with Crippen LogP contribution in [0.3, 0.4) is 0 Å². The van der Waals surface area contributed by atoms with E-state index in [1.54, 1.807) is 12.1 Å². The summed E-state index contributed by atoms with van der Waals surface area (Å²) in [6.45, 7) is 0. The zero-order valence-corrected chi connectivity index (χ0v) is 7.85. The van der Waals surface area contributed by atoms with Gasteiger partial charge in [0, 0.05) is 7.05 Å². The lowest BCUT2D eigenvalue weighted by atomic mass is 10.2. The van der Waals surface area contributed by atoms with Crippen LogP contribution in [-0.2, 0) is 7.05 Å². The van der Waals surface area contributed by atoms with Crippen LogP contribution in [0.15, 0.2) is 18.2 Å². The quantitative estimate of drug-likeness (QED) is 0.645. The van der Waals surface area contributed by atoms with Gasteiger partial charge in [0.15, 0.2) is 4.77 Å². The highest BCUT2D eigenvalue weighted by molar-refractivity contribution is 7.71. The summed E-state index contributed by atoms with van der Waals surface area (Å²) in [6.07, 6.45) is 0. The van der Waals surface area contributed by atoms with Crippen molar-refractivity contribution >= 4 is 23.3 Å². The molecule has 13 heavy (non-hydrogen) atoms. The van der Waals surface area contributed by atoms with Gasteiger partial charge in [-0.1, -0.05) is 0 Å². The molecule has 0 atom stereocenters. The average Bonchev–Trinajstić information content (AvgIpc) is 2.42. The number of rotatable bonds is 0. The summed E-state index contributed by atoms with van der Waals surface area (Å²) in [5.41, 5.74) is 2.57. The Bertz CT molecular complexity index is 556. The molecule has 3 nitrogen and oxygen atoms in total. The van der Waals surface area contributed by atoms with Crippen LogP contribution in [0.2, 0.25) is 0 Å². The number of H-pyrrole nitrogens is 1. The molecule has 0 saturated carbocycles. The van der Waals surface area contributed by atoms with Gasteiger partial charge in [0.2, 0.25) is 0 Å². The predicted octanol–water partition coefficient (Wildman–Crippen LogP) is 2.11. The summed E-state index contributed by atoms with van der Waals surface area (Å²) < 4.78 is 2.55. The monoisotopic (exact) mass is 189 g/mol. The number of aryl methyl sites for hydroxylation is 1. The molecule has 1 aromatic heterocycles. The molecule has 0 radical (unpaired) electrons. The fraction of sp³-hybridized carbons (Fsp3) is 0.111. The Morgan fingerprint density at radius 1 is 1.54 bits per heavy atom. The van der Waals surface area contributed by atoms with E-state index in [1.165, 1.54) is 0 Å². The molecule has 64 valence electrons. The van der Waals surface area contributed by atoms with E-state index in [1.807, 2.05) is 17.7 Å². The van der Waals surface area contributed by atoms with Crippen molar-refractivity contribution in [3.63, 3.8) is 0 Å². The lowest BCUT2D eigenvalue weighted by molar-refractivity contribution is 0.927. The molecule has 1 N–H and O–H groups in total. The predicted molar refractivity (Wildman–Crippen MR) is 52.8 cm³/mol. The number of fused-ring (bicyclic) bond motifs is 1. The fourth-order valence-corrected chi connectivity index (χ4v) is 1.51. The summed E-state index contributed by atoms with van der Waals surface area (Å²) in [4.78, 5) is 3.03. The van der Waals surface area contributed by atoms with Gasteiger partial charge in [0.1, 0.15) is 0 Å². The number of nitrogens with zero attached hydrogens (tertiary/aromatic N) is 2. The van der Waals surface area contributed by atoms with Gasteiger partial charge in [0.05, 0.1) is 22.7 Å². The van der Waals surface area contributed by atoms with Gasteiger partial charge < -0.3 is 9.55 Å². The SMILES string of the molecule is Cn1c(=S)[nH]c2cc(C#N)ccc21. The largest absolute Gasteiger partial charge is 0.331 e. The van der Waals surface area contributed by atoms with Crippen LogP contribution in [0.5, 0.6) is 0 Å². The smallest absolute Gasteiger partial charge is 0.177 e. The number of benzene rings is 1. The highest BCUT2D eigenvalue weighted by Crippen LogP contribution is 2.13. The van der Waals surface area contributed by atoms with E-state index >= 15 is 0 Å². The maximum atomic E-state index is 8.68. The number of aromatic amines is 1. The molecule has 4 heteroatoms. The fourth-order valence-electron chi connectivity index (χ4n) is 1.31. The minimum atomic E-state index is 0.643. The Balaban J connectivity index is 2.90. The van der Waals surface area contributed by atoms with Gasteiger partial charge in [-0.3, -0.25) is 0 Å². The second-order valence-electron chi connectivity index (χ2n) is 2.83. The number of imidazole rings is 1. The van der Waals surface area contributed by atoms with Crippen LogP contribution >= 0.6 is 12.2 Å². The molecule has 0 unspecified atom stereocenters. The molecule has 0 amide bonds. The lowest BCUT2D eigenvalue weighted by Gasteiger charge is -1.93. The zero-order chi connectivity index (χ0) is 9.42. The Morgan fingerprint density at radius 2 is 2.31 bits per heavy atom. The Labute approximate surface area is 80.2 Å². The van der Waals surface area contributed by atoms with Crippen LogP contribution in [0.4, 0.5) is 0 Å². The van der Waals surface area contributed by atoms with Crippen LogP contribution in [0.25, 0.3) is 11.0 Å². The normalized spacial score (nSPS) is 10.2. The number of hydrogen-bond acceptors (Lipinski definition) is 2. The molecule has 2 rings (SSSR count). The molecule has 0 aliphatic heterocycles. The highest BCUT2D eigenvalue weighted by Gasteiger charge is 2.00. The van der Waals surface area contributed by atoms with Crippen molar-refractivity contribution in [1.29, 1.82) is 5.26 Å². The first-order valence-electron chi connectivity index (χ1n) is 3.81. The number of nitrogens with one attached hydrogen (secondary N) is 1. The Kier molecular flexibility index (Phi) is 1.67. The molecular weight excluding hydrogens is 182 g/mol. The van der Waals surface area contributed by atoms with Gasteiger partial charge in [-0.05, 0) is 30.4 Å². The van der Waals surface area contributed by atoms with Crippen molar-refractivity contribution in [3.05, 3.63) is 28.5 Å². The van der Waals surface area contributed by atoms with Crippen LogP contribution < -0.4 is 0 Å². The van der Waals surface area contributed by atoms with Crippen molar-refractivity contribution in [2.75, 3.05) is 0 Å². The maximum absolute atomic E-state index is 8.68. The average molecular weight is 189 g/mol. The molecule has 0 aliphatic rings. The summed E-state index contributed by atoms with van der Waals surface area (Å²) in [6, 6.07) is 7.55. The second-order valence-corrected chi connectivity index (χ2v) is 3.22. The first-order chi connectivity index (χ1) is 6.22. The minimum absolute atomic E-state index is 0.643. The van der Waals surface area contributed by atoms with Crippen LogP contribution in [0, 0.1) is 16.1 Å². The first-order valence-corrected chi connectivity index (χ1v) is 4.22. The van der Waals surface area contributed by atoms with Crippen LogP contribution in [0.1, 0.15) is 5.56 Å². The summed E-state index contributed by atoms with van der Waals surface area (Å²) in [5.74, 6) is 0. The van der Waals surface area contributed by atoms with E-state index in [9.17, 15) is 0 Å². The van der Waals surface area contributed by atoms with Gasteiger partial charge in [-0.2, -0.15) is 5.26 Å². The molecular formula is C9H7N3S. The summed E-state index contributed by atoms with van der Waals surface area (Å²) in [7, 11) is 1.90. The van der Waals surface area contributed by atoms with E-state index in [-0.39, 0.29) is 0 Å². The van der Waals surface area contributed by atoms with E-state index in [2.05, 4.69) is 11.1 Å². The van der Waals surface area contributed by atoms with Gasteiger partial charge in [-0.25, -0.2) is 0 Å². The molecule has 0 aliphatic carbocycles. The van der Waals surface area contributed by atoms with Crippen molar-refractivity contribution in [2.45, 2.75) is 0 Å². The Hall–Kier alpha value is -1.60. The van der Waals surface area contributed by atoms with E-state index in [0.29, 0.717) is 10.3 Å². The third-order valence-electron chi connectivity index (χ3n) is 2.03. The lowest BCUT2D eigenvalue weighted by Crippen LogP contribution is -1.85. The molecule has 1 aromatic carbocycles. The van der Waals surface area contributed by atoms with Crippen molar-refractivity contribution in [2.24, 2.45) is 7.05 Å². The molecule has 0 fully saturated rings. The highest BCUT2D eigenvalue weighted by atomic mass is 32.1. The van der Waals surface area contributed by atoms with E-state index in [4.69, 9.17) is 17.5 Å².